The molecule has 11 nitrogen and oxygen atoms in total. The number of piperidine rings is 1. The third-order valence-corrected chi connectivity index (χ3v) is 12.0. The summed E-state index contributed by atoms with van der Waals surface area (Å²) in [7, 11) is -6.09. The van der Waals surface area contributed by atoms with Crippen LogP contribution >= 0.6 is 0 Å². The molecule has 2 saturated heterocycles. The molecule has 2 heterocycles. The summed E-state index contributed by atoms with van der Waals surface area (Å²) < 4.78 is 104. The Morgan fingerprint density at radius 3 is 2.37 bits per heavy atom. The van der Waals surface area contributed by atoms with E-state index in [-0.39, 0.29) is 48.6 Å². The molecule has 0 bridgehead atoms. The second kappa shape index (κ2) is 15.4. The lowest BCUT2D eigenvalue weighted by atomic mass is 9.88. The number of benzene rings is 3. The fourth-order valence-corrected chi connectivity index (χ4v) is 8.26. The Hall–Kier alpha value is -3.09. The molecule has 3 aromatic rings. The van der Waals surface area contributed by atoms with Crippen LogP contribution in [-0.4, -0.2) is 96.6 Å². The summed E-state index contributed by atoms with van der Waals surface area (Å²) >= 11 is 0. The van der Waals surface area contributed by atoms with Crippen LogP contribution in [0.4, 0.5) is 13.2 Å². The van der Waals surface area contributed by atoms with Crippen LogP contribution in [-0.2, 0) is 31.3 Å². The van der Waals surface area contributed by atoms with Crippen LogP contribution in [0.1, 0.15) is 24.8 Å². The van der Waals surface area contributed by atoms with Crippen LogP contribution in [0.15, 0.2) is 82.6 Å². The number of alkyl halides is 3. The van der Waals surface area contributed by atoms with Crippen molar-refractivity contribution in [1.29, 1.82) is 0 Å². The standard InChI is InChI=1S/C33H41F3N4O7S2/c1-37-48(42,43)30-6-3-5-29(17-30)46-22-28(41)20-39-27-18-32(47-21-27)12-14-40(15-13-32)49(44,45)31-7-2-4-26(16-31)25-10-8-24(9-11-25)19-38-23-33(34,35)36/h2-11,16-17,27-28,37-39,41H,12-15,18-23H2,1H3. The molecule has 4 N–H and O–H groups in total. The first kappa shape index (κ1) is 37.2. The zero-order valence-corrected chi connectivity index (χ0v) is 28.6. The maximum Gasteiger partial charge on any atom is 0.401 e. The topological polar surface area (TPSA) is 146 Å². The number of aliphatic hydroxyl groups excluding tert-OH is 1. The monoisotopic (exact) mass is 726 g/mol. The summed E-state index contributed by atoms with van der Waals surface area (Å²) in [6, 6.07) is 19.5. The van der Waals surface area contributed by atoms with Crippen molar-refractivity contribution in [2.45, 2.75) is 59.5 Å². The number of hydrogen-bond acceptors (Lipinski definition) is 9. The molecule has 2 fully saturated rings. The van der Waals surface area contributed by atoms with Gasteiger partial charge in [0.1, 0.15) is 18.5 Å². The number of nitrogens with zero attached hydrogens (tertiary/aromatic N) is 1. The largest absolute Gasteiger partial charge is 0.491 e. The van der Waals surface area contributed by atoms with Crippen molar-refractivity contribution in [3.05, 3.63) is 78.4 Å². The summed E-state index contributed by atoms with van der Waals surface area (Å²) in [5.41, 5.74) is 1.64. The van der Waals surface area contributed by atoms with E-state index in [0.717, 1.165) is 5.56 Å². The lowest BCUT2D eigenvalue weighted by Crippen LogP contribution is -2.47. The van der Waals surface area contributed by atoms with Crippen LogP contribution in [0.2, 0.25) is 0 Å². The van der Waals surface area contributed by atoms with Crippen molar-refractivity contribution >= 4 is 20.0 Å². The van der Waals surface area contributed by atoms with Crippen LogP contribution in [0, 0.1) is 0 Å². The molecular weight excluding hydrogens is 686 g/mol. The first-order chi connectivity index (χ1) is 23.2. The summed E-state index contributed by atoms with van der Waals surface area (Å²) in [6.45, 7) is 0.166. The second-order valence-electron chi connectivity index (χ2n) is 12.3. The predicted octanol–water partition coefficient (Wildman–Crippen LogP) is 3.26. The number of sulfonamides is 2. The van der Waals surface area contributed by atoms with Gasteiger partial charge in [-0.05, 0) is 67.3 Å². The summed E-state index contributed by atoms with van der Waals surface area (Å²) in [6.07, 6.45) is -3.44. The van der Waals surface area contributed by atoms with E-state index in [0.29, 0.717) is 42.7 Å². The zero-order chi connectivity index (χ0) is 35.3. The number of nitrogens with one attached hydrogen (secondary N) is 3. The number of aliphatic hydroxyl groups is 1. The van der Waals surface area contributed by atoms with E-state index in [2.05, 4.69) is 15.4 Å². The maximum atomic E-state index is 13.6. The predicted molar refractivity (Wildman–Crippen MR) is 177 cm³/mol. The second-order valence-corrected chi connectivity index (χ2v) is 16.1. The highest BCUT2D eigenvalue weighted by molar-refractivity contribution is 7.89. The third kappa shape index (κ3) is 9.79. The number of halogens is 3. The van der Waals surface area contributed by atoms with Gasteiger partial charge in [-0.3, -0.25) is 0 Å². The molecule has 268 valence electrons. The van der Waals surface area contributed by atoms with E-state index < -0.39 is 44.5 Å². The van der Waals surface area contributed by atoms with E-state index in [1.54, 1.807) is 60.7 Å². The van der Waals surface area contributed by atoms with Gasteiger partial charge in [0, 0.05) is 38.3 Å². The van der Waals surface area contributed by atoms with Gasteiger partial charge in [-0.25, -0.2) is 21.6 Å². The fraction of sp³-hybridized carbons (Fsp3) is 0.455. The van der Waals surface area contributed by atoms with Gasteiger partial charge >= 0.3 is 6.18 Å². The minimum absolute atomic E-state index is 0.0367. The van der Waals surface area contributed by atoms with E-state index in [9.17, 15) is 35.1 Å². The summed E-state index contributed by atoms with van der Waals surface area (Å²) in [4.78, 5) is 0.223. The van der Waals surface area contributed by atoms with Crippen LogP contribution in [0.25, 0.3) is 11.1 Å². The lowest BCUT2D eigenvalue weighted by Gasteiger charge is -2.38. The number of rotatable bonds is 14. The van der Waals surface area contributed by atoms with Gasteiger partial charge in [-0.1, -0.05) is 42.5 Å². The molecule has 0 aromatic heterocycles. The summed E-state index contributed by atoms with van der Waals surface area (Å²) in [5, 5.41) is 16.1. The Bertz CT molecular complexity index is 1780. The smallest absolute Gasteiger partial charge is 0.401 e. The number of hydrogen-bond donors (Lipinski definition) is 4. The molecule has 0 saturated carbocycles. The first-order valence-corrected chi connectivity index (χ1v) is 18.8. The Morgan fingerprint density at radius 1 is 0.980 bits per heavy atom. The van der Waals surface area contributed by atoms with Crippen molar-refractivity contribution in [2.75, 3.05) is 46.4 Å². The minimum Gasteiger partial charge on any atom is -0.491 e. The molecule has 16 heteroatoms. The average Bonchev–Trinajstić information content (AvgIpc) is 3.48. The highest BCUT2D eigenvalue weighted by atomic mass is 32.2. The molecule has 0 aliphatic carbocycles. The van der Waals surface area contributed by atoms with E-state index in [4.69, 9.17) is 9.47 Å². The van der Waals surface area contributed by atoms with Crippen molar-refractivity contribution in [2.24, 2.45) is 0 Å². The van der Waals surface area contributed by atoms with Crippen molar-refractivity contribution in [1.82, 2.24) is 19.7 Å². The zero-order valence-electron chi connectivity index (χ0n) is 26.9. The van der Waals surface area contributed by atoms with Gasteiger partial charge in [0.05, 0.1) is 28.5 Å². The third-order valence-electron chi connectivity index (χ3n) is 8.73. The lowest BCUT2D eigenvalue weighted by molar-refractivity contribution is -0.125. The molecule has 2 unspecified atom stereocenters. The van der Waals surface area contributed by atoms with E-state index in [1.807, 2.05) is 0 Å². The molecule has 2 atom stereocenters. The van der Waals surface area contributed by atoms with Gasteiger partial charge in [0.25, 0.3) is 0 Å². The molecule has 49 heavy (non-hydrogen) atoms. The van der Waals surface area contributed by atoms with E-state index in [1.165, 1.54) is 23.5 Å². The van der Waals surface area contributed by atoms with Gasteiger partial charge in [0.2, 0.25) is 20.0 Å². The SMILES string of the molecule is CNS(=O)(=O)c1cccc(OCC(O)CNC2COC3(CCN(S(=O)(=O)c4cccc(-c5ccc(CNCC(F)(F)F)cc5)c4)CC3)C2)c1. The van der Waals surface area contributed by atoms with Gasteiger partial charge in [-0.15, -0.1) is 0 Å². The quantitative estimate of drug-likeness (QED) is 0.197. The highest BCUT2D eigenvalue weighted by Crippen LogP contribution is 2.38. The molecule has 3 aromatic carbocycles. The van der Waals surface area contributed by atoms with Crippen molar-refractivity contribution in [3.8, 4) is 16.9 Å². The molecule has 0 amide bonds. The first-order valence-electron chi connectivity index (χ1n) is 15.9. The van der Waals surface area contributed by atoms with Gasteiger partial charge < -0.3 is 25.2 Å². The molecule has 2 aliphatic rings. The normalized spacial score (nSPS) is 19.2. The van der Waals surface area contributed by atoms with E-state index >= 15 is 0 Å². The molecule has 1 spiro atoms. The Balaban J connectivity index is 1.09. The molecule has 2 aliphatic heterocycles. The summed E-state index contributed by atoms with van der Waals surface area (Å²) in [5.74, 6) is 0.319. The molecular formula is C33H41F3N4O7S2. The Morgan fingerprint density at radius 2 is 1.67 bits per heavy atom. The van der Waals surface area contributed by atoms with Crippen LogP contribution < -0.4 is 20.1 Å². The minimum atomic E-state index is -4.29. The van der Waals surface area contributed by atoms with Crippen molar-refractivity contribution < 1.29 is 44.6 Å². The van der Waals surface area contributed by atoms with Crippen LogP contribution in [0.5, 0.6) is 5.75 Å². The Labute approximate surface area is 284 Å². The average molecular weight is 727 g/mol. The Kier molecular flexibility index (Phi) is 11.7. The molecule has 5 rings (SSSR count). The van der Waals surface area contributed by atoms with Crippen molar-refractivity contribution in [3.63, 3.8) is 0 Å². The van der Waals surface area contributed by atoms with Gasteiger partial charge in [0.15, 0.2) is 0 Å². The van der Waals surface area contributed by atoms with Gasteiger partial charge in [-0.2, -0.15) is 17.5 Å². The number of ether oxygens (including phenoxy) is 2. The highest BCUT2D eigenvalue weighted by Gasteiger charge is 2.44. The fourth-order valence-electron chi connectivity index (χ4n) is 6.01. The van der Waals surface area contributed by atoms with Crippen LogP contribution in [0.3, 0.4) is 0 Å². The maximum absolute atomic E-state index is 13.6. The molecule has 0 radical (unpaired) electrons.